The van der Waals surface area contributed by atoms with E-state index in [1.54, 1.807) is 12.1 Å². The van der Waals surface area contributed by atoms with Crippen molar-refractivity contribution in [3.63, 3.8) is 0 Å². The van der Waals surface area contributed by atoms with Gasteiger partial charge in [-0.2, -0.15) is 13.2 Å². The molecule has 5 nitrogen and oxygen atoms in total. The molecule has 2 aromatic carbocycles. The highest BCUT2D eigenvalue weighted by atomic mass is 19.4. The van der Waals surface area contributed by atoms with Gasteiger partial charge in [0.15, 0.2) is 0 Å². The van der Waals surface area contributed by atoms with Crippen molar-refractivity contribution in [1.82, 2.24) is 0 Å². The van der Waals surface area contributed by atoms with Gasteiger partial charge < -0.3 is 15.4 Å². The average Bonchev–Trinajstić information content (AvgIpc) is 2.59. The van der Waals surface area contributed by atoms with E-state index in [0.29, 0.717) is 5.69 Å². The minimum atomic E-state index is -4.52. The maximum absolute atomic E-state index is 12.9. The zero-order valence-electron chi connectivity index (χ0n) is 13.2. The first kappa shape index (κ1) is 18.3. The van der Waals surface area contributed by atoms with Gasteiger partial charge in [-0.3, -0.25) is 4.79 Å². The number of methoxy groups -OCH3 is 1. The van der Waals surface area contributed by atoms with Crippen LogP contribution in [-0.2, 0) is 15.7 Å². The number of anilines is 2. The highest BCUT2D eigenvalue weighted by Crippen LogP contribution is 2.34. The number of para-hydroxylation sites is 1. The fourth-order valence-electron chi connectivity index (χ4n) is 2.11. The molecular formula is C17H15F3N2O3. The van der Waals surface area contributed by atoms with Gasteiger partial charge in [0, 0.05) is 11.4 Å². The first-order valence-corrected chi connectivity index (χ1v) is 7.19. The van der Waals surface area contributed by atoms with E-state index in [2.05, 4.69) is 15.4 Å². The summed E-state index contributed by atoms with van der Waals surface area (Å²) in [4.78, 5) is 23.4. The lowest BCUT2D eigenvalue weighted by atomic mass is 10.1. The summed E-state index contributed by atoms with van der Waals surface area (Å²) >= 11 is 0. The lowest BCUT2D eigenvalue weighted by Gasteiger charge is -2.14. The molecule has 132 valence electrons. The van der Waals surface area contributed by atoms with Gasteiger partial charge in [0.1, 0.15) is 0 Å². The Bertz CT molecular complexity index is 776. The van der Waals surface area contributed by atoms with Crippen molar-refractivity contribution in [2.24, 2.45) is 0 Å². The summed E-state index contributed by atoms with van der Waals surface area (Å²) in [6.45, 7) is -0.366. The van der Waals surface area contributed by atoms with Crippen molar-refractivity contribution >= 4 is 23.3 Å². The molecule has 8 heteroatoms. The molecule has 0 saturated heterocycles. The number of carbonyl (C=O) groups is 2. The number of hydrogen-bond donors (Lipinski definition) is 2. The Morgan fingerprint density at radius 2 is 1.80 bits per heavy atom. The normalized spacial score (nSPS) is 10.9. The number of hydrogen-bond acceptors (Lipinski definition) is 4. The van der Waals surface area contributed by atoms with Crippen molar-refractivity contribution in [3.05, 3.63) is 59.7 Å². The number of carbonyl (C=O) groups excluding carboxylic acids is 2. The number of esters is 1. The Labute approximate surface area is 141 Å². The Hall–Kier alpha value is -3.03. The van der Waals surface area contributed by atoms with E-state index in [-0.39, 0.29) is 17.8 Å². The van der Waals surface area contributed by atoms with Crippen molar-refractivity contribution in [3.8, 4) is 0 Å². The molecule has 0 atom stereocenters. The second kappa shape index (κ2) is 7.69. The molecule has 0 saturated carbocycles. The fraction of sp³-hybridized carbons (Fsp3) is 0.176. The number of ether oxygens (including phenoxy) is 1. The maximum atomic E-state index is 12.9. The van der Waals surface area contributed by atoms with Crippen molar-refractivity contribution in [2.45, 2.75) is 6.18 Å². The Balaban J connectivity index is 2.02. The molecular weight excluding hydrogens is 337 g/mol. The van der Waals surface area contributed by atoms with Gasteiger partial charge in [-0.25, -0.2) is 4.79 Å². The smallest absolute Gasteiger partial charge is 0.418 e. The van der Waals surface area contributed by atoms with Crippen LogP contribution in [0.2, 0.25) is 0 Å². The summed E-state index contributed by atoms with van der Waals surface area (Å²) in [6, 6.07) is 10.9. The summed E-state index contributed by atoms with van der Waals surface area (Å²) < 4.78 is 43.2. The molecule has 0 aliphatic rings. The van der Waals surface area contributed by atoms with E-state index < -0.39 is 23.6 Å². The van der Waals surface area contributed by atoms with Gasteiger partial charge in [-0.1, -0.05) is 18.2 Å². The summed E-state index contributed by atoms with van der Waals surface area (Å²) in [6.07, 6.45) is -4.52. The zero-order valence-corrected chi connectivity index (χ0v) is 13.2. The molecule has 0 radical (unpaired) electrons. The van der Waals surface area contributed by atoms with Crippen LogP contribution in [0.25, 0.3) is 0 Å². The van der Waals surface area contributed by atoms with Crippen LogP contribution < -0.4 is 10.6 Å². The van der Waals surface area contributed by atoms with Crippen LogP contribution >= 0.6 is 0 Å². The van der Waals surface area contributed by atoms with E-state index in [9.17, 15) is 22.8 Å². The highest BCUT2D eigenvalue weighted by molar-refractivity contribution is 5.96. The third-order valence-electron chi connectivity index (χ3n) is 3.24. The Morgan fingerprint density at radius 3 is 2.48 bits per heavy atom. The molecule has 0 heterocycles. The third-order valence-corrected chi connectivity index (χ3v) is 3.24. The van der Waals surface area contributed by atoms with E-state index in [1.807, 2.05) is 0 Å². The van der Waals surface area contributed by atoms with Gasteiger partial charge >= 0.3 is 12.1 Å². The van der Waals surface area contributed by atoms with Gasteiger partial charge in [-0.15, -0.1) is 0 Å². The van der Waals surface area contributed by atoms with E-state index in [4.69, 9.17) is 0 Å². The number of alkyl halides is 3. The number of rotatable bonds is 5. The van der Waals surface area contributed by atoms with Crippen molar-refractivity contribution in [2.75, 3.05) is 24.3 Å². The Kier molecular flexibility index (Phi) is 5.63. The molecule has 0 bridgehead atoms. The van der Waals surface area contributed by atoms with Crippen LogP contribution in [0.1, 0.15) is 15.9 Å². The fourth-order valence-corrected chi connectivity index (χ4v) is 2.11. The van der Waals surface area contributed by atoms with Gasteiger partial charge in [0.2, 0.25) is 5.91 Å². The third kappa shape index (κ3) is 4.97. The minimum absolute atomic E-state index is 0.187. The molecule has 2 N–H and O–H groups in total. The van der Waals surface area contributed by atoms with E-state index in [0.717, 1.165) is 6.07 Å². The van der Waals surface area contributed by atoms with E-state index in [1.165, 1.54) is 37.4 Å². The van der Waals surface area contributed by atoms with Crippen LogP contribution in [0.4, 0.5) is 24.5 Å². The minimum Gasteiger partial charge on any atom is -0.465 e. The summed E-state index contributed by atoms with van der Waals surface area (Å²) in [5.41, 5.74) is -0.460. The number of halogens is 3. The topological polar surface area (TPSA) is 67.4 Å². The van der Waals surface area contributed by atoms with Crippen LogP contribution in [0.5, 0.6) is 0 Å². The average molecular weight is 352 g/mol. The quantitative estimate of drug-likeness (QED) is 0.808. The first-order chi connectivity index (χ1) is 11.8. The predicted molar refractivity (Wildman–Crippen MR) is 86.3 cm³/mol. The van der Waals surface area contributed by atoms with Crippen molar-refractivity contribution in [1.29, 1.82) is 0 Å². The number of nitrogens with one attached hydrogen (secondary N) is 2. The molecule has 2 aromatic rings. The number of amides is 1. The van der Waals surface area contributed by atoms with E-state index >= 15 is 0 Å². The second-order valence-electron chi connectivity index (χ2n) is 5.02. The van der Waals surface area contributed by atoms with Crippen LogP contribution in [-0.4, -0.2) is 25.5 Å². The Morgan fingerprint density at radius 1 is 1.08 bits per heavy atom. The lowest BCUT2D eigenvalue weighted by Crippen LogP contribution is -2.23. The predicted octanol–water partition coefficient (Wildman–Crippen LogP) is 3.54. The van der Waals surface area contributed by atoms with Gasteiger partial charge in [-0.05, 0) is 30.3 Å². The van der Waals surface area contributed by atoms with Gasteiger partial charge in [0.25, 0.3) is 0 Å². The molecule has 0 unspecified atom stereocenters. The van der Waals surface area contributed by atoms with Crippen molar-refractivity contribution < 1.29 is 27.5 Å². The molecule has 1 amide bonds. The molecule has 0 aliphatic carbocycles. The largest absolute Gasteiger partial charge is 0.465 e. The van der Waals surface area contributed by atoms with Crippen LogP contribution in [0.3, 0.4) is 0 Å². The molecule has 0 spiro atoms. The summed E-state index contributed by atoms with van der Waals surface area (Å²) in [5.74, 6) is -1.12. The SMILES string of the molecule is COC(=O)c1cccc(NC(=O)CNc2ccccc2C(F)(F)F)c1. The standard InChI is InChI=1S/C17H15F3N2O3/c1-25-16(24)11-5-4-6-12(9-11)22-15(23)10-21-14-8-3-2-7-13(14)17(18,19)20/h2-9,21H,10H2,1H3,(H,22,23). The number of benzene rings is 2. The molecule has 25 heavy (non-hydrogen) atoms. The van der Waals surface area contributed by atoms with Gasteiger partial charge in [0.05, 0.1) is 24.8 Å². The highest BCUT2D eigenvalue weighted by Gasteiger charge is 2.33. The summed E-state index contributed by atoms with van der Waals surface area (Å²) in [5, 5.41) is 4.96. The second-order valence-corrected chi connectivity index (χ2v) is 5.02. The zero-order chi connectivity index (χ0) is 18.4. The lowest BCUT2D eigenvalue weighted by molar-refractivity contribution is -0.137. The maximum Gasteiger partial charge on any atom is 0.418 e. The monoisotopic (exact) mass is 352 g/mol. The molecule has 2 rings (SSSR count). The summed E-state index contributed by atoms with van der Waals surface area (Å²) in [7, 11) is 1.23. The molecule has 0 fully saturated rings. The van der Waals surface area contributed by atoms with Crippen LogP contribution in [0, 0.1) is 0 Å². The van der Waals surface area contributed by atoms with Crippen LogP contribution in [0.15, 0.2) is 48.5 Å². The molecule has 0 aliphatic heterocycles. The first-order valence-electron chi connectivity index (χ1n) is 7.19. The molecule has 0 aromatic heterocycles.